The SMILES string of the molecule is CC1COc2cc(-c3ccc4nc5n(c4c3)C(c3c(C=O)cccc3OC(F)F)CC5N(C)C)cnc21. The van der Waals surface area contributed by atoms with Gasteiger partial charge in [0.15, 0.2) is 6.29 Å². The molecule has 0 fully saturated rings. The van der Waals surface area contributed by atoms with E-state index in [-0.39, 0.29) is 17.7 Å². The average molecular weight is 505 g/mol. The molecule has 2 aliphatic heterocycles. The van der Waals surface area contributed by atoms with E-state index < -0.39 is 12.7 Å². The van der Waals surface area contributed by atoms with Gasteiger partial charge in [0.05, 0.1) is 35.4 Å². The van der Waals surface area contributed by atoms with Gasteiger partial charge in [0.1, 0.15) is 17.3 Å². The molecule has 0 bridgehead atoms. The Bertz CT molecular complexity index is 1520. The predicted octanol–water partition coefficient (Wildman–Crippen LogP) is 5.60. The Hall–Kier alpha value is -3.85. The van der Waals surface area contributed by atoms with E-state index in [1.807, 2.05) is 44.6 Å². The van der Waals surface area contributed by atoms with E-state index in [0.717, 1.165) is 39.4 Å². The van der Waals surface area contributed by atoms with Gasteiger partial charge >= 0.3 is 6.61 Å². The Balaban J connectivity index is 1.53. The van der Waals surface area contributed by atoms with Gasteiger partial charge in [0.2, 0.25) is 0 Å². The van der Waals surface area contributed by atoms with Crippen LogP contribution < -0.4 is 9.47 Å². The fraction of sp³-hybridized carbons (Fsp3) is 0.321. The molecule has 6 rings (SSSR count). The van der Waals surface area contributed by atoms with Crippen LogP contribution in [0.15, 0.2) is 48.7 Å². The van der Waals surface area contributed by atoms with Crippen molar-refractivity contribution in [3.8, 4) is 22.6 Å². The molecule has 2 aromatic heterocycles. The number of aromatic nitrogens is 3. The molecule has 2 aliphatic rings. The third-order valence-corrected chi connectivity index (χ3v) is 7.34. The molecule has 7 nitrogen and oxygen atoms in total. The summed E-state index contributed by atoms with van der Waals surface area (Å²) in [6.07, 6.45) is 3.10. The van der Waals surface area contributed by atoms with Crippen LogP contribution in [0.1, 0.15) is 58.8 Å². The van der Waals surface area contributed by atoms with E-state index in [1.165, 1.54) is 6.07 Å². The molecule has 0 saturated carbocycles. The maximum atomic E-state index is 13.3. The van der Waals surface area contributed by atoms with E-state index in [4.69, 9.17) is 14.5 Å². The number of imidazole rings is 1. The minimum Gasteiger partial charge on any atom is -0.491 e. The lowest BCUT2D eigenvalue weighted by Crippen LogP contribution is -2.18. The molecular weight excluding hydrogens is 478 g/mol. The van der Waals surface area contributed by atoms with E-state index in [9.17, 15) is 13.6 Å². The van der Waals surface area contributed by atoms with Gasteiger partial charge in [0, 0.05) is 28.8 Å². The number of benzene rings is 2. The summed E-state index contributed by atoms with van der Waals surface area (Å²) in [5, 5.41) is 0. The molecule has 0 amide bonds. The summed E-state index contributed by atoms with van der Waals surface area (Å²) in [4.78, 5) is 23.6. The van der Waals surface area contributed by atoms with Crippen LogP contribution >= 0.6 is 0 Å². The maximum Gasteiger partial charge on any atom is 0.387 e. The van der Waals surface area contributed by atoms with Gasteiger partial charge in [-0.2, -0.15) is 8.78 Å². The first-order valence-corrected chi connectivity index (χ1v) is 12.2. The van der Waals surface area contributed by atoms with Crippen LogP contribution in [0, 0.1) is 0 Å². The molecule has 37 heavy (non-hydrogen) atoms. The number of aldehydes is 1. The Morgan fingerprint density at radius 2 is 2.03 bits per heavy atom. The zero-order chi connectivity index (χ0) is 25.8. The first-order chi connectivity index (χ1) is 17.9. The molecule has 0 aliphatic carbocycles. The van der Waals surface area contributed by atoms with Crippen molar-refractivity contribution < 1.29 is 23.0 Å². The number of alkyl halides is 2. The van der Waals surface area contributed by atoms with E-state index in [1.54, 1.807) is 12.1 Å². The molecule has 4 aromatic rings. The molecule has 2 aromatic carbocycles. The van der Waals surface area contributed by atoms with Crippen LogP contribution in [0.25, 0.3) is 22.2 Å². The quantitative estimate of drug-likeness (QED) is 0.318. The second-order valence-electron chi connectivity index (χ2n) is 9.85. The van der Waals surface area contributed by atoms with Crippen molar-refractivity contribution in [3.05, 3.63) is 71.3 Å². The Morgan fingerprint density at radius 1 is 1.19 bits per heavy atom. The summed E-state index contributed by atoms with van der Waals surface area (Å²) in [6.45, 7) is -0.298. The second-order valence-corrected chi connectivity index (χ2v) is 9.85. The number of nitrogens with zero attached hydrogens (tertiary/aromatic N) is 4. The lowest BCUT2D eigenvalue weighted by Gasteiger charge is -2.22. The van der Waals surface area contributed by atoms with Crippen molar-refractivity contribution in [2.24, 2.45) is 0 Å². The van der Waals surface area contributed by atoms with Crippen LogP contribution in [-0.4, -0.2) is 53.0 Å². The Morgan fingerprint density at radius 3 is 2.78 bits per heavy atom. The van der Waals surface area contributed by atoms with Gasteiger partial charge in [-0.3, -0.25) is 14.7 Å². The molecule has 9 heteroatoms. The average Bonchev–Trinajstić information content (AvgIpc) is 3.55. The predicted molar refractivity (Wildman–Crippen MR) is 135 cm³/mol. The minimum absolute atomic E-state index is 0.00190. The lowest BCUT2D eigenvalue weighted by atomic mass is 9.96. The second kappa shape index (κ2) is 8.92. The molecule has 0 spiro atoms. The number of ether oxygens (including phenoxy) is 2. The summed E-state index contributed by atoms with van der Waals surface area (Å²) in [5.74, 6) is 1.87. The number of hydrogen-bond donors (Lipinski definition) is 0. The van der Waals surface area contributed by atoms with Crippen molar-refractivity contribution in [1.29, 1.82) is 0 Å². The van der Waals surface area contributed by atoms with Gasteiger partial charge in [-0.1, -0.05) is 25.1 Å². The van der Waals surface area contributed by atoms with Crippen LogP contribution in [0.5, 0.6) is 11.5 Å². The summed E-state index contributed by atoms with van der Waals surface area (Å²) in [7, 11) is 3.92. The number of fused-ring (bicyclic) bond motifs is 4. The largest absolute Gasteiger partial charge is 0.491 e. The van der Waals surface area contributed by atoms with Gasteiger partial charge in [-0.05, 0) is 50.3 Å². The molecular formula is C28H26F2N4O3. The van der Waals surface area contributed by atoms with Gasteiger partial charge in [0.25, 0.3) is 0 Å². The summed E-state index contributed by atoms with van der Waals surface area (Å²) >= 11 is 0. The maximum absolute atomic E-state index is 13.3. The van der Waals surface area contributed by atoms with E-state index in [0.29, 0.717) is 30.4 Å². The highest BCUT2D eigenvalue weighted by Gasteiger charge is 2.39. The third-order valence-electron chi connectivity index (χ3n) is 7.34. The zero-order valence-corrected chi connectivity index (χ0v) is 20.7. The molecule has 3 unspecified atom stereocenters. The summed E-state index contributed by atoms with van der Waals surface area (Å²) in [6, 6.07) is 12.2. The van der Waals surface area contributed by atoms with Gasteiger partial charge in [-0.15, -0.1) is 0 Å². The monoisotopic (exact) mass is 504 g/mol. The number of carbonyl (C=O) groups excluding carboxylic acids is 1. The van der Waals surface area contributed by atoms with Crippen molar-refractivity contribution in [2.45, 2.75) is 38.0 Å². The molecule has 190 valence electrons. The molecule has 3 atom stereocenters. The fourth-order valence-corrected chi connectivity index (χ4v) is 5.58. The lowest BCUT2D eigenvalue weighted by molar-refractivity contribution is -0.0507. The zero-order valence-electron chi connectivity index (χ0n) is 20.7. The van der Waals surface area contributed by atoms with Crippen molar-refractivity contribution in [2.75, 3.05) is 20.7 Å². The highest BCUT2D eigenvalue weighted by molar-refractivity contribution is 5.84. The normalized spacial score (nSPS) is 20.4. The van der Waals surface area contributed by atoms with Crippen molar-refractivity contribution in [1.82, 2.24) is 19.4 Å². The van der Waals surface area contributed by atoms with Crippen LogP contribution in [-0.2, 0) is 0 Å². The Kier molecular flexibility index (Phi) is 5.67. The fourth-order valence-electron chi connectivity index (χ4n) is 5.58. The number of hydrogen-bond acceptors (Lipinski definition) is 6. The first kappa shape index (κ1) is 23.5. The smallest absolute Gasteiger partial charge is 0.387 e. The molecule has 0 saturated heterocycles. The molecule has 4 heterocycles. The van der Waals surface area contributed by atoms with Crippen LogP contribution in [0.2, 0.25) is 0 Å². The summed E-state index contributed by atoms with van der Waals surface area (Å²) < 4.78 is 39.4. The van der Waals surface area contributed by atoms with E-state index in [2.05, 4.69) is 21.4 Å². The van der Waals surface area contributed by atoms with Crippen molar-refractivity contribution in [3.63, 3.8) is 0 Å². The molecule has 0 N–H and O–H groups in total. The topological polar surface area (TPSA) is 69.5 Å². The number of rotatable bonds is 6. The number of pyridine rings is 1. The molecule has 0 radical (unpaired) electrons. The number of carbonyl (C=O) groups is 1. The standard InChI is InChI=1S/C28H26F2N4O3/c1-15-14-36-24-10-18(12-31-26(15)24)16-7-8-19-20(9-16)34-21(11-22(33(2)3)27(34)32-19)25-17(13-35)5-4-6-23(25)37-28(29)30/h4-10,12-13,15,21-22,28H,11,14H2,1-3H3. The van der Waals surface area contributed by atoms with Gasteiger partial charge < -0.3 is 14.0 Å². The van der Waals surface area contributed by atoms with Crippen LogP contribution in [0.4, 0.5) is 8.78 Å². The highest BCUT2D eigenvalue weighted by atomic mass is 19.3. The minimum atomic E-state index is -3.01. The van der Waals surface area contributed by atoms with Gasteiger partial charge in [-0.25, -0.2) is 4.98 Å². The first-order valence-electron chi connectivity index (χ1n) is 12.2. The number of halogens is 2. The van der Waals surface area contributed by atoms with E-state index >= 15 is 0 Å². The van der Waals surface area contributed by atoms with Crippen LogP contribution in [0.3, 0.4) is 0 Å². The Labute approximate surface area is 212 Å². The summed E-state index contributed by atoms with van der Waals surface area (Å²) in [5.41, 5.74) is 5.21. The third kappa shape index (κ3) is 3.85. The van der Waals surface area contributed by atoms with Crippen molar-refractivity contribution >= 4 is 17.3 Å². The highest BCUT2D eigenvalue weighted by Crippen LogP contribution is 2.47.